The van der Waals surface area contributed by atoms with Crippen molar-refractivity contribution in [3.05, 3.63) is 59.9 Å². The van der Waals surface area contributed by atoms with Crippen LogP contribution in [-0.4, -0.2) is 41.7 Å². The number of ether oxygens (including phenoxy) is 2. The third kappa shape index (κ3) is 5.32. The summed E-state index contributed by atoms with van der Waals surface area (Å²) < 4.78 is 10.5. The Hall–Kier alpha value is -2.93. The quantitative estimate of drug-likeness (QED) is 0.597. The monoisotopic (exact) mass is 411 g/mol. The average Bonchev–Trinajstić information content (AvgIpc) is 2.78. The summed E-state index contributed by atoms with van der Waals surface area (Å²) in [5.74, 6) is 0.986. The van der Waals surface area contributed by atoms with Crippen LogP contribution in [0.2, 0.25) is 0 Å². The molecule has 3 rings (SSSR count). The number of nitrogens with one attached hydrogen (secondary N) is 1. The van der Waals surface area contributed by atoms with Gasteiger partial charge >= 0.3 is 0 Å². The molecule has 1 saturated heterocycles. The van der Waals surface area contributed by atoms with Crippen LogP contribution < -0.4 is 14.8 Å². The Bertz CT molecular complexity index is 886. The second-order valence-electron chi connectivity index (χ2n) is 6.73. The van der Waals surface area contributed by atoms with Crippen molar-refractivity contribution in [3.63, 3.8) is 0 Å². The van der Waals surface area contributed by atoms with Crippen molar-refractivity contribution in [1.29, 1.82) is 0 Å². The lowest BCUT2D eigenvalue weighted by Crippen LogP contribution is -2.46. The van der Waals surface area contributed by atoms with Gasteiger partial charge in [-0.1, -0.05) is 12.1 Å². The summed E-state index contributed by atoms with van der Waals surface area (Å²) >= 11 is 5.53. The zero-order chi connectivity index (χ0) is 20.6. The van der Waals surface area contributed by atoms with Gasteiger partial charge in [0.1, 0.15) is 0 Å². The van der Waals surface area contributed by atoms with E-state index in [1.165, 1.54) is 6.08 Å². The minimum absolute atomic E-state index is 0.139. The molecule has 29 heavy (non-hydrogen) atoms. The van der Waals surface area contributed by atoms with Gasteiger partial charge in [-0.2, -0.15) is 0 Å². The summed E-state index contributed by atoms with van der Waals surface area (Å²) in [7, 11) is 3.16. The van der Waals surface area contributed by atoms with E-state index < -0.39 is 0 Å². The highest BCUT2D eigenvalue weighted by Gasteiger charge is 2.26. The molecule has 1 aliphatic heterocycles. The number of pyridine rings is 1. The maximum absolute atomic E-state index is 12.4. The first-order valence-corrected chi connectivity index (χ1v) is 9.95. The van der Waals surface area contributed by atoms with Crippen molar-refractivity contribution in [1.82, 2.24) is 15.2 Å². The van der Waals surface area contributed by atoms with Crippen LogP contribution in [0.5, 0.6) is 11.5 Å². The minimum Gasteiger partial charge on any atom is -0.493 e. The molecular weight excluding hydrogens is 386 g/mol. The van der Waals surface area contributed by atoms with Gasteiger partial charge in [0, 0.05) is 25.0 Å². The SMILES string of the molecule is COc1ccc(C=CC(=O)NC(=S)N2CCCCC2c2cccnc2)cc1OC. The Morgan fingerprint density at radius 2 is 2.07 bits per heavy atom. The van der Waals surface area contributed by atoms with Crippen molar-refractivity contribution >= 4 is 29.3 Å². The average molecular weight is 412 g/mol. The zero-order valence-electron chi connectivity index (χ0n) is 16.6. The first kappa shape index (κ1) is 20.8. The summed E-state index contributed by atoms with van der Waals surface area (Å²) in [5, 5.41) is 3.27. The smallest absolute Gasteiger partial charge is 0.250 e. The summed E-state index contributed by atoms with van der Waals surface area (Å²) in [4.78, 5) is 18.7. The van der Waals surface area contributed by atoms with E-state index in [9.17, 15) is 4.79 Å². The van der Waals surface area contributed by atoms with Crippen LogP contribution in [0, 0.1) is 0 Å². The van der Waals surface area contributed by atoms with Crippen LogP contribution in [0.4, 0.5) is 0 Å². The highest BCUT2D eigenvalue weighted by Crippen LogP contribution is 2.30. The number of rotatable bonds is 5. The van der Waals surface area contributed by atoms with E-state index in [4.69, 9.17) is 21.7 Å². The van der Waals surface area contributed by atoms with E-state index in [0.717, 1.165) is 36.9 Å². The molecule has 0 radical (unpaired) electrons. The van der Waals surface area contributed by atoms with Gasteiger partial charge in [-0.15, -0.1) is 0 Å². The number of methoxy groups -OCH3 is 2. The molecule has 1 N–H and O–H groups in total. The molecule has 7 heteroatoms. The van der Waals surface area contributed by atoms with Crippen molar-refractivity contribution < 1.29 is 14.3 Å². The topological polar surface area (TPSA) is 63.7 Å². The number of benzene rings is 1. The van der Waals surface area contributed by atoms with Gasteiger partial charge in [-0.05, 0) is 66.9 Å². The van der Waals surface area contributed by atoms with Crippen molar-refractivity contribution in [2.24, 2.45) is 0 Å². The van der Waals surface area contributed by atoms with Crippen molar-refractivity contribution in [2.45, 2.75) is 25.3 Å². The van der Waals surface area contributed by atoms with Gasteiger partial charge in [0.05, 0.1) is 20.3 Å². The Morgan fingerprint density at radius 3 is 2.79 bits per heavy atom. The summed E-state index contributed by atoms with van der Waals surface area (Å²) in [6.07, 6.45) is 9.98. The second-order valence-corrected chi connectivity index (χ2v) is 7.12. The molecule has 1 atom stereocenters. The van der Waals surface area contributed by atoms with Crippen LogP contribution in [0.25, 0.3) is 6.08 Å². The molecule has 0 spiro atoms. The van der Waals surface area contributed by atoms with Crippen LogP contribution in [0.15, 0.2) is 48.8 Å². The van der Waals surface area contributed by atoms with E-state index in [-0.39, 0.29) is 11.9 Å². The van der Waals surface area contributed by atoms with E-state index >= 15 is 0 Å². The molecule has 1 aliphatic rings. The van der Waals surface area contributed by atoms with Gasteiger partial charge in [0.2, 0.25) is 5.91 Å². The minimum atomic E-state index is -0.264. The zero-order valence-corrected chi connectivity index (χ0v) is 17.4. The molecule has 1 unspecified atom stereocenters. The maximum Gasteiger partial charge on any atom is 0.250 e. The van der Waals surface area contributed by atoms with Gasteiger partial charge in [0.15, 0.2) is 16.6 Å². The molecule has 0 saturated carbocycles. The van der Waals surface area contributed by atoms with E-state index in [1.807, 2.05) is 24.4 Å². The number of nitrogens with zero attached hydrogens (tertiary/aromatic N) is 2. The molecule has 1 fully saturated rings. The lowest BCUT2D eigenvalue weighted by atomic mass is 9.97. The molecule has 1 amide bonds. The van der Waals surface area contributed by atoms with E-state index in [1.54, 1.807) is 32.6 Å². The van der Waals surface area contributed by atoms with Gasteiger partial charge < -0.3 is 14.4 Å². The number of hydrogen-bond acceptors (Lipinski definition) is 5. The van der Waals surface area contributed by atoms with E-state index in [0.29, 0.717) is 16.6 Å². The van der Waals surface area contributed by atoms with Gasteiger partial charge in [-0.25, -0.2) is 0 Å². The van der Waals surface area contributed by atoms with E-state index in [2.05, 4.69) is 21.3 Å². The molecule has 0 aliphatic carbocycles. The normalized spacial score (nSPS) is 16.5. The maximum atomic E-state index is 12.4. The molecule has 2 heterocycles. The number of piperidine rings is 1. The number of aromatic nitrogens is 1. The largest absolute Gasteiger partial charge is 0.493 e. The molecular formula is C22H25N3O3S. The van der Waals surface area contributed by atoms with Crippen LogP contribution in [-0.2, 0) is 4.79 Å². The lowest BCUT2D eigenvalue weighted by Gasteiger charge is -2.37. The first-order valence-electron chi connectivity index (χ1n) is 9.54. The van der Waals surface area contributed by atoms with Crippen molar-refractivity contribution in [3.8, 4) is 11.5 Å². The second kappa shape index (κ2) is 10.0. The standard InChI is InChI=1S/C22H25N3O3S/c1-27-19-10-8-16(14-20(19)28-2)9-11-21(26)24-22(29)25-13-4-3-7-18(25)17-6-5-12-23-15-17/h5-6,8-12,14-15,18H,3-4,7,13H2,1-2H3,(H,24,26,29). The fourth-order valence-corrected chi connectivity index (χ4v) is 3.76. The number of carbonyl (C=O) groups is 1. The highest BCUT2D eigenvalue weighted by atomic mass is 32.1. The molecule has 0 bridgehead atoms. The predicted octanol–water partition coefficient (Wildman–Crippen LogP) is 3.74. The molecule has 152 valence electrons. The van der Waals surface area contributed by atoms with Gasteiger partial charge in [0.25, 0.3) is 0 Å². The Balaban J connectivity index is 1.65. The number of amides is 1. The Kier molecular flexibility index (Phi) is 7.19. The molecule has 2 aromatic rings. The number of hydrogen-bond donors (Lipinski definition) is 1. The molecule has 6 nitrogen and oxygen atoms in total. The number of carbonyl (C=O) groups excluding carboxylic acids is 1. The van der Waals surface area contributed by atoms with Crippen LogP contribution >= 0.6 is 12.2 Å². The molecule has 1 aromatic heterocycles. The summed E-state index contributed by atoms with van der Waals surface area (Å²) in [6.45, 7) is 0.818. The Morgan fingerprint density at radius 1 is 1.24 bits per heavy atom. The van der Waals surface area contributed by atoms with Crippen LogP contribution in [0.3, 0.4) is 0 Å². The highest BCUT2D eigenvalue weighted by molar-refractivity contribution is 7.80. The predicted molar refractivity (Wildman–Crippen MR) is 117 cm³/mol. The Labute approximate surface area is 176 Å². The fraction of sp³-hybridized carbons (Fsp3) is 0.318. The first-order chi connectivity index (χ1) is 14.1. The fourth-order valence-electron chi connectivity index (χ4n) is 3.44. The molecule has 1 aromatic carbocycles. The third-order valence-electron chi connectivity index (χ3n) is 4.90. The number of likely N-dealkylation sites (tertiary alicyclic amines) is 1. The summed E-state index contributed by atoms with van der Waals surface area (Å²) in [6, 6.07) is 9.58. The lowest BCUT2D eigenvalue weighted by molar-refractivity contribution is -0.115. The summed E-state index contributed by atoms with van der Waals surface area (Å²) in [5.41, 5.74) is 1.94. The third-order valence-corrected chi connectivity index (χ3v) is 5.23. The number of thiocarbonyl (C=S) groups is 1. The van der Waals surface area contributed by atoms with Gasteiger partial charge in [-0.3, -0.25) is 15.1 Å². The van der Waals surface area contributed by atoms with Crippen molar-refractivity contribution in [2.75, 3.05) is 20.8 Å². The van der Waals surface area contributed by atoms with Crippen LogP contribution in [0.1, 0.15) is 36.4 Å².